The molecule has 1 atom stereocenters. The van der Waals surface area contributed by atoms with E-state index in [2.05, 4.69) is 15.6 Å². The predicted octanol–water partition coefficient (Wildman–Crippen LogP) is 4.75. The number of hydrogen-bond acceptors (Lipinski definition) is 7. The van der Waals surface area contributed by atoms with Crippen LogP contribution in [-0.2, 0) is 20.9 Å². The van der Waals surface area contributed by atoms with Crippen molar-refractivity contribution < 1.29 is 19.1 Å². The molecule has 0 aliphatic rings. The predicted molar refractivity (Wildman–Crippen MR) is 147 cm³/mol. The molecule has 0 radical (unpaired) electrons. The van der Waals surface area contributed by atoms with E-state index < -0.39 is 17.6 Å². The molecule has 9 nitrogen and oxygen atoms in total. The summed E-state index contributed by atoms with van der Waals surface area (Å²) in [6.07, 6.45) is 0.711. The molecule has 0 bridgehead atoms. The van der Waals surface area contributed by atoms with Gasteiger partial charge in [0.2, 0.25) is 11.8 Å². The first-order chi connectivity index (χ1) is 18.2. The van der Waals surface area contributed by atoms with Gasteiger partial charge in [0, 0.05) is 16.1 Å². The van der Waals surface area contributed by atoms with Gasteiger partial charge in [0.25, 0.3) is 0 Å². The van der Waals surface area contributed by atoms with Crippen molar-refractivity contribution in [3.8, 4) is 0 Å². The van der Waals surface area contributed by atoms with Gasteiger partial charge in [-0.25, -0.2) is 9.48 Å². The van der Waals surface area contributed by atoms with Crippen LogP contribution in [0, 0.1) is 0 Å². The summed E-state index contributed by atoms with van der Waals surface area (Å²) in [5.74, 6) is -1.11. The van der Waals surface area contributed by atoms with Crippen LogP contribution in [0.25, 0.3) is 11.0 Å². The Balaban J connectivity index is 1.77. The molecule has 198 valence electrons. The van der Waals surface area contributed by atoms with Gasteiger partial charge in [-0.2, -0.15) is 0 Å². The smallest absolute Gasteiger partial charge is 0.338 e. The van der Waals surface area contributed by atoms with E-state index in [0.29, 0.717) is 33.6 Å². The fourth-order valence-electron chi connectivity index (χ4n) is 3.96. The minimum absolute atomic E-state index is 0.132. The number of hydrogen-bond donors (Lipinski definition) is 1. The number of thiophene rings is 1. The first kappa shape index (κ1) is 27.0. The van der Waals surface area contributed by atoms with Gasteiger partial charge in [0.05, 0.1) is 17.7 Å². The molecular weight excluding hydrogens is 502 g/mol. The number of nitrogens with zero attached hydrogens (tertiary/aromatic N) is 4. The fraction of sp³-hybridized carbons (Fsp3) is 0.321. The lowest BCUT2D eigenvalue weighted by atomic mass is 10.0. The van der Waals surface area contributed by atoms with E-state index in [1.54, 1.807) is 31.2 Å². The highest BCUT2D eigenvalue weighted by molar-refractivity contribution is 7.10. The summed E-state index contributed by atoms with van der Waals surface area (Å²) < 4.78 is 6.62. The number of carbonyl (C=O) groups is 3. The molecule has 2 heterocycles. The number of nitrogens with one attached hydrogen (secondary N) is 1. The van der Waals surface area contributed by atoms with Crippen molar-refractivity contribution in [2.24, 2.45) is 0 Å². The Kier molecular flexibility index (Phi) is 8.21. The monoisotopic (exact) mass is 533 g/mol. The minimum atomic E-state index is -0.934. The van der Waals surface area contributed by atoms with Crippen molar-refractivity contribution in [3.05, 3.63) is 76.5 Å². The van der Waals surface area contributed by atoms with E-state index in [0.717, 1.165) is 0 Å². The second-order valence-corrected chi connectivity index (χ2v) is 10.4. The minimum Gasteiger partial charge on any atom is -0.462 e. The average molecular weight is 534 g/mol. The van der Waals surface area contributed by atoms with Crippen LogP contribution in [-0.4, -0.2) is 44.9 Å². The van der Waals surface area contributed by atoms with E-state index >= 15 is 0 Å². The molecule has 4 aromatic rings. The van der Waals surface area contributed by atoms with Crippen molar-refractivity contribution in [1.29, 1.82) is 0 Å². The lowest BCUT2D eigenvalue weighted by Gasteiger charge is -2.34. The normalized spacial score (nSPS) is 12.2. The van der Waals surface area contributed by atoms with Gasteiger partial charge in [-0.05, 0) is 75.0 Å². The number of esters is 1. The number of fused-ring (bicyclic) bond motifs is 1. The molecule has 1 unspecified atom stereocenters. The van der Waals surface area contributed by atoms with Gasteiger partial charge in [-0.3, -0.25) is 14.5 Å². The number of benzene rings is 2. The SMILES string of the molecule is CCOC(=O)c1ccc(N(C(=O)Cn2nnc3ccccc32)C(C(=O)NC(C)(C)CC)c2cccs2)cc1. The third kappa shape index (κ3) is 5.91. The Morgan fingerprint density at radius 2 is 1.79 bits per heavy atom. The number of aromatic nitrogens is 3. The fourth-order valence-corrected chi connectivity index (χ4v) is 4.77. The highest BCUT2D eigenvalue weighted by Gasteiger charge is 2.36. The van der Waals surface area contributed by atoms with Crippen molar-refractivity contribution >= 4 is 45.8 Å². The van der Waals surface area contributed by atoms with Crippen LogP contribution in [0.1, 0.15) is 55.4 Å². The third-order valence-electron chi connectivity index (χ3n) is 6.30. The number of ether oxygens (including phenoxy) is 1. The molecule has 0 saturated carbocycles. The summed E-state index contributed by atoms with van der Waals surface area (Å²) in [4.78, 5) is 42.2. The average Bonchev–Trinajstić information content (AvgIpc) is 3.58. The molecule has 2 amide bonds. The van der Waals surface area contributed by atoms with Gasteiger partial charge in [0.1, 0.15) is 18.1 Å². The topological polar surface area (TPSA) is 106 Å². The standard InChI is InChI=1S/C28H31N5O4S/c1-5-28(3,4)29-26(35)25(23-12-9-17-38-23)33(20-15-13-19(14-16-20)27(36)37-6-2)24(34)18-32-22-11-8-7-10-21(22)30-31-32/h7-17,25H,5-6,18H2,1-4H3,(H,29,35). The zero-order chi connectivity index (χ0) is 27.3. The molecule has 0 spiro atoms. The number of amides is 2. The molecule has 4 rings (SSSR count). The van der Waals surface area contributed by atoms with Gasteiger partial charge in [-0.15, -0.1) is 16.4 Å². The van der Waals surface area contributed by atoms with Crippen LogP contribution in [0.4, 0.5) is 5.69 Å². The Hall–Kier alpha value is -4.05. The Labute approximate surface area is 225 Å². The summed E-state index contributed by atoms with van der Waals surface area (Å²) in [6, 6.07) is 16.6. The third-order valence-corrected chi connectivity index (χ3v) is 7.22. The van der Waals surface area contributed by atoms with Crippen LogP contribution in [0.15, 0.2) is 66.0 Å². The summed E-state index contributed by atoms with van der Waals surface area (Å²) in [5.41, 5.74) is 1.73. The van der Waals surface area contributed by atoms with Gasteiger partial charge < -0.3 is 10.1 Å². The summed E-state index contributed by atoms with van der Waals surface area (Å²) in [5, 5.41) is 13.3. The first-order valence-electron chi connectivity index (χ1n) is 12.5. The van der Waals surface area contributed by atoms with Crippen molar-refractivity contribution in [1.82, 2.24) is 20.3 Å². The lowest BCUT2D eigenvalue weighted by molar-refractivity contribution is -0.128. The van der Waals surface area contributed by atoms with Gasteiger partial charge in [0.15, 0.2) is 0 Å². The lowest BCUT2D eigenvalue weighted by Crippen LogP contribution is -2.50. The van der Waals surface area contributed by atoms with E-state index in [9.17, 15) is 14.4 Å². The van der Waals surface area contributed by atoms with Crippen LogP contribution in [0.2, 0.25) is 0 Å². The molecule has 10 heteroatoms. The van der Waals surface area contributed by atoms with Crippen molar-refractivity contribution in [2.45, 2.75) is 52.2 Å². The maximum absolute atomic E-state index is 14.0. The Morgan fingerprint density at radius 3 is 2.45 bits per heavy atom. The second kappa shape index (κ2) is 11.6. The molecule has 0 aliphatic carbocycles. The summed E-state index contributed by atoms with van der Waals surface area (Å²) in [6.45, 7) is 7.74. The summed E-state index contributed by atoms with van der Waals surface area (Å²) >= 11 is 1.39. The molecule has 1 N–H and O–H groups in total. The van der Waals surface area contributed by atoms with E-state index in [1.165, 1.54) is 20.9 Å². The quantitative estimate of drug-likeness (QED) is 0.295. The number of carbonyl (C=O) groups excluding carboxylic acids is 3. The Morgan fingerprint density at radius 1 is 1.05 bits per heavy atom. The number of para-hydroxylation sites is 1. The molecule has 2 aromatic carbocycles. The largest absolute Gasteiger partial charge is 0.462 e. The Bertz CT molecular complexity index is 1410. The molecule has 0 saturated heterocycles. The van der Waals surface area contributed by atoms with E-state index in [1.807, 2.05) is 62.5 Å². The van der Waals surface area contributed by atoms with Crippen LogP contribution < -0.4 is 10.2 Å². The van der Waals surface area contributed by atoms with Crippen molar-refractivity contribution in [2.75, 3.05) is 11.5 Å². The highest BCUT2D eigenvalue weighted by Crippen LogP contribution is 2.32. The zero-order valence-corrected chi connectivity index (χ0v) is 22.7. The molecule has 2 aromatic heterocycles. The van der Waals surface area contributed by atoms with Crippen LogP contribution in [0.5, 0.6) is 0 Å². The van der Waals surface area contributed by atoms with Crippen LogP contribution >= 0.6 is 11.3 Å². The first-order valence-corrected chi connectivity index (χ1v) is 13.3. The van der Waals surface area contributed by atoms with E-state index in [-0.39, 0.29) is 25.0 Å². The van der Waals surface area contributed by atoms with Crippen molar-refractivity contribution in [3.63, 3.8) is 0 Å². The molecule has 0 aliphatic heterocycles. The number of anilines is 1. The molecule has 38 heavy (non-hydrogen) atoms. The zero-order valence-electron chi connectivity index (χ0n) is 21.9. The van der Waals surface area contributed by atoms with Gasteiger partial charge >= 0.3 is 5.97 Å². The molecule has 0 fully saturated rings. The van der Waals surface area contributed by atoms with Crippen LogP contribution in [0.3, 0.4) is 0 Å². The summed E-state index contributed by atoms with van der Waals surface area (Å²) in [7, 11) is 0. The van der Waals surface area contributed by atoms with E-state index in [4.69, 9.17) is 4.74 Å². The maximum atomic E-state index is 14.0. The highest BCUT2D eigenvalue weighted by atomic mass is 32.1. The number of rotatable bonds is 10. The molecular formula is C28H31N5O4S. The van der Waals surface area contributed by atoms with Gasteiger partial charge in [-0.1, -0.05) is 30.3 Å². The second-order valence-electron chi connectivity index (χ2n) is 9.41. The maximum Gasteiger partial charge on any atom is 0.338 e.